The standard InChI is InChI=1S/C17H16N4O2/c22-17(23)21-14(10-12-4-2-1-3-5-12)16-19-11-15(20-16)13-6-8-18-9-7-13/h1-9,11,14,21H,10H2,(H,19,20)(H,22,23). The number of amides is 1. The Morgan fingerprint density at radius 1 is 1.17 bits per heavy atom. The second-order valence-corrected chi connectivity index (χ2v) is 5.10. The summed E-state index contributed by atoms with van der Waals surface area (Å²) in [6, 6.07) is 13.0. The highest BCUT2D eigenvalue weighted by atomic mass is 16.4. The lowest BCUT2D eigenvalue weighted by atomic mass is 10.1. The number of rotatable bonds is 5. The predicted octanol–water partition coefficient (Wildman–Crippen LogP) is 3.02. The Hall–Kier alpha value is -3.15. The molecule has 1 unspecified atom stereocenters. The minimum Gasteiger partial charge on any atom is -0.465 e. The third-order valence-corrected chi connectivity index (χ3v) is 3.48. The second kappa shape index (κ2) is 6.74. The molecular formula is C17H16N4O2. The number of benzene rings is 1. The van der Waals surface area contributed by atoms with Gasteiger partial charge in [0.15, 0.2) is 0 Å². The van der Waals surface area contributed by atoms with Gasteiger partial charge in [0.25, 0.3) is 0 Å². The lowest BCUT2D eigenvalue weighted by Gasteiger charge is -2.14. The lowest BCUT2D eigenvalue weighted by molar-refractivity contribution is 0.189. The fourth-order valence-electron chi connectivity index (χ4n) is 2.40. The monoisotopic (exact) mass is 308 g/mol. The normalized spacial score (nSPS) is 11.8. The first-order valence-corrected chi connectivity index (χ1v) is 7.21. The number of aromatic nitrogens is 3. The van der Waals surface area contributed by atoms with Crippen molar-refractivity contribution < 1.29 is 9.90 Å². The molecule has 1 atom stereocenters. The molecule has 3 N–H and O–H groups in total. The molecule has 0 saturated heterocycles. The zero-order valence-electron chi connectivity index (χ0n) is 12.3. The number of hydrogen-bond acceptors (Lipinski definition) is 3. The van der Waals surface area contributed by atoms with Gasteiger partial charge in [-0.3, -0.25) is 4.98 Å². The summed E-state index contributed by atoms with van der Waals surface area (Å²) < 4.78 is 0. The Balaban J connectivity index is 1.85. The molecule has 1 amide bonds. The number of nitrogens with zero attached hydrogens (tertiary/aromatic N) is 2. The SMILES string of the molecule is O=C(O)NC(Cc1ccccc1)c1nc(-c2ccncc2)c[nH]1. The maximum absolute atomic E-state index is 11.1. The van der Waals surface area contributed by atoms with Gasteiger partial charge >= 0.3 is 6.09 Å². The molecule has 0 fully saturated rings. The van der Waals surface area contributed by atoms with Crippen molar-refractivity contribution in [1.82, 2.24) is 20.3 Å². The van der Waals surface area contributed by atoms with E-state index >= 15 is 0 Å². The van der Waals surface area contributed by atoms with Crippen molar-refractivity contribution in [2.45, 2.75) is 12.5 Å². The van der Waals surface area contributed by atoms with E-state index in [4.69, 9.17) is 5.11 Å². The molecule has 1 aromatic carbocycles. The summed E-state index contributed by atoms with van der Waals surface area (Å²) >= 11 is 0. The van der Waals surface area contributed by atoms with Crippen LogP contribution in [0.4, 0.5) is 4.79 Å². The van der Waals surface area contributed by atoms with E-state index < -0.39 is 12.1 Å². The molecule has 0 aliphatic carbocycles. The Morgan fingerprint density at radius 3 is 2.61 bits per heavy atom. The minimum atomic E-state index is -1.08. The molecule has 116 valence electrons. The molecule has 6 nitrogen and oxygen atoms in total. The maximum Gasteiger partial charge on any atom is 0.405 e. The highest BCUT2D eigenvalue weighted by Crippen LogP contribution is 2.21. The van der Waals surface area contributed by atoms with E-state index in [0.29, 0.717) is 12.2 Å². The zero-order valence-corrected chi connectivity index (χ0v) is 12.3. The van der Waals surface area contributed by atoms with E-state index in [0.717, 1.165) is 16.8 Å². The van der Waals surface area contributed by atoms with Gasteiger partial charge in [-0.1, -0.05) is 30.3 Å². The zero-order chi connectivity index (χ0) is 16.1. The summed E-state index contributed by atoms with van der Waals surface area (Å²) in [5.41, 5.74) is 2.72. The summed E-state index contributed by atoms with van der Waals surface area (Å²) in [6.45, 7) is 0. The summed E-state index contributed by atoms with van der Waals surface area (Å²) in [5, 5.41) is 11.6. The average Bonchev–Trinajstić information content (AvgIpc) is 3.06. The molecule has 0 saturated carbocycles. The summed E-state index contributed by atoms with van der Waals surface area (Å²) in [4.78, 5) is 22.7. The molecule has 0 bridgehead atoms. The third kappa shape index (κ3) is 3.74. The van der Waals surface area contributed by atoms with Crippen molar-refractivity contribution in [3.8, 4) is 11.3 Å². The van der Waals surface area contributed by atoms with E-state index in [1.165, 1.54) is 0 Å². The van der Waals surface area contributed by atoms with E-state index in [1.807, 2.05) is 42.5 Å². The van der Waals surface area contributed by atoms with Crippen LogP contribution in [-0.4, -0.2) is 26.2 Å². The van der Waals surface area contributed by atoms with Gasteiger partial charge in [-0.25, -0.2) is 9.78 Å². The van der Waals surface area contributed by atoms with Crippen LogP contribution in [0.1, 0.15) is 17.4 Å². The van der Waals surface area contributed by atoms with Gasteiger partial charge in [0.05, 0.1) is 11.7 Å². The molecule has 6 heteroatoms. The van der Waals surface area contributed by atoms with Crippen molar-refractivity contribution in [1.29, 1.82) is 0 Å². The first-order chi connectivity index (χ1) is 11.2. The number of hydrogen-bond donors (Lipinski definition) is 3. The molecular weight excluding hydrogens is 292 g/mol. The number of carbonyl (C=O) groups is 1. The number of carboxylic acid groups (broad SMARTS) is 1. The average molecular weight is 308 g/mol. The molecule has 0 aliphatic rings. The number of nitrogens with one attached hydrogen (secondary N) is 2. The van der Waals surface area contributed by atoms with Crippen LogP contribution in [0.5, 0.6) is 0 Å². The van der Waals surface area contributed by atoms with Crippen LogP contribution in [0, 0.1) is 0 Å². The molecule has 0 radical (unpaired) electrons. The van der Waals surface area contributed by atoms with Gasteiger partial charge in [0, 0.05) is 30.6 Å². The summed E-state index contributed by atoms with van der Waals surface area (Å²) in [5.74, 6) is 0.586. The topological polar surface area (TPSA) is 90.9 Å². The largest absolute Gasteiger partial charge is 0.465 e. The Bertz CT molecular complexity index is 772. The van der Waals surface area contributed by atoms with Crippen molar-refractivity contribution in [2.24, 2.45) is 0 Å². The third-order valence-electron chi connectivity index (χ3n) is 3.48. The fraction of sp³-hybridized carbons (Fsp3) is 0.118. The van der Waals surface area contributed by atoms with Crippen molar-refractivity contribution in [3.05, 3.63) is 72.4 Å². The van der Waals surface area contributed by atoms with Gasteiger partial charge in [0.1, 0.15) is 5.82 Å². The fourth-order valence-corrected chi connectivity index (χ4v) is 2.40. The maximum atomic E-state index is 11.1. The van der Waals surface area contributed by atoms with Crippen LogP contribution in [-0.2, 0) is 6.42 Å². The van der Waals surface area contributed by atoms with E-state index in [2.05, 4.69) is 20.3 Å². The molecule has 2 aromatic heterocycles. The highest BCUT2D eigenvalue weighted by molar-refractivity contribution is 5.65. The van der Waals surface area contributed by atoms with E-state index in [-0.39, 0.29) is 0 Å². The van der Waals surface area contributed by atoms with Crippen molar-refractivity contribution in [3.63, 3.8) is 0 Å². The van der Waals surface area contributed by atoms with Gasteiger partial charge in [0.2, 0.25) is 0 Å². The number of H-pyrrole nitrogens is 1. The number of aromatic amines is 1. The van der Waals surface area contributed by atoms with Crippen LogP contribution in [0.25, 0.3) is 11.3 Å². The van der Waals surface area contributed by atoms with Crippen LogP contribution >= 0.6 is 0 Å². The van der Waals surface area contributed by atoms with Crippen LogP contribution in [0.15, 0.2) is 61.1 Å². The Morgan fingerprint density at radius 2 is 1.91 bits per heavy atom. The quantitative estimate of drug-likeness (QED) is 0.675. The van der Waals surface area contributed by atoms with Crippen LogP contribution in [0.3, 0.4) is 0 Å². The molecule has 3 aromatic rings. The molecule has 0 aliphatic heterocycles. The number of imidazole rings is 1. The van der Waals surface area contributed by atoms with Crippen molar-refractivity contribution >= 4 is 6.09 Å². The van der Waals surface area contributed by atoms with Gasteiger partial charge in [-0.15, -0.1) is 0 Å². The molecule has 3 rings (SSSR count). The van der Waals surface area contributed by atoms with Crippen LogP contribution < -0.4 is 5.32 Å². The second-order valence-electron chi connectivity index (χ2n) is 5.10. The molecule has 23 heavy (non-hydrogen) atoms. The van der Waals surface area contributed by atoms with Gasteiger partial charge in [-0.05, 0) is 17.7 Å². The Labute approximate surface area is 133 Å². The van der Waals surface area contributed by atoms with Gasteiger partial charge < -0.3 is 15.4 Å². The van der Waals surface area contributed by atoms with E-state index in [1.54, 1.807) is 18.6 Å². The van der Waals surface area contributed by atoms with E-state index in [9.17, 15) is 4.79 Å². The Kier molecular flexibility index (Phi) is 4.33. The van der Waals surface area contributed by atoms with Crippen LogP contribution in [0.2, 0.25) is 0 Å². The lowest BCUT2D eigenvalue weighted by Crippen LogP contribution is -2.29. The summed E-state index contributed by atoms with van der Waals surface area (Å²) in [7, 11) is 0. The number of pyridine rings is 1. The first-order valence-electron chi connectivity index (χ1n) is 7.21. The van der Waals surface area contributed by atoms with Crippen molar-refractivity contribution in [2.75, 3.05) is 0 Å². The first kappa shape index (κ1) is 14.8. The smallest absolute Gasteiger partial charge is 0.405 e. The minimum absolute atomic E-state index is 0.439. The molecule has 2 heterocycles. The summed E-state index contributed by atoms with van der Waals surface area (Å²) in [6.07, 6.45) is 4.61. The molecule has 0 spiro atoms. The predicted molar refractivity (Wildman–Crippen MR) is 85.9 cm³/mol. The highest BCUT2D eigenvalue weighted by Gasteiger charge is 2.18. The van der Waals surface area contributed by atoms with Gasteiger partial charge in [-0.2, -0.15) is 0 Å².